The molecule has 0 saturated carbocycles. The van der Waals surface area contributed by atoms with E-state index in [9.17, 15) is 14.4 Å². The number of rotatable bonds is 10. The molecule has 0 radical (unpaired) electrons. The Bertz CT molecular complexity index is 1170. The Kier molecular flexibility index (Phi) is 11.2. The first-order chi connectivity index (χ1) is 17.6. The van der Waals surface area contributed by atoms with Crippen LogP contribution in [0.5, 0.6) is 0 Å². The number of aromatic nitrogens is 2. The van der Waals surface area contributed by atoms with Crippen molar-refractivity contribution in [2.45, 2.75) is 39.3 Å². The number of amides is 1. The first-order valence-corrected chi connectivity index (χ1v) is 11.9. The van der Waals surface area contributed by atoms with Gasteiger partial charge in [0.25, 0.3) is 0 Å². The van der Waals surface area contributed by atoms with E-state index in [4.69, 9.17) is 10.2 Å². The Balaban J connectivity index is 0.000000521. The maximum absolute atomic E-state index is 12.5. The average molecular weight is 507 g/mol. The van der Waals surface area contributed by atoms with Crippen molar-refractivity contribution >= 4 is 17.8 Å². The van der Waals surface area contributed by atoms with Gasteiger partial charge in [0.1, 0.15) is 6.54 Å². The third-order valence-electron chi connectivity index (χ3n) is 4.96. The standard InChI is InChI=1S/C24H30N4O.C4H4O4/c1-24(2,3)26-16-10-15-25-22(29)18-28-23(20-13-8-5-9-14-20)21(17-27-28)19-11-6-4-7-12-19;5-3(6)1-2-4(7)8/h4-9,11-14,17,26H,10,15-16,18H2,1-3H3,(H,25,29);1-2H,(H,5,6)(H,7,8)/b;2-1+. The fraction of sp³-hybridized carbons (Fsp3) is 0.286. The first kappa shape index (κ1) is 29.0. The van der Waals surface area contributed by atoms with Crippen molar-refractivity contribution in [3.05, 3.63) is 79.0 Å². The molecule has 9 nitrogen and oxygen atoms in total. The molecule has 0 aliphatic carbocycles. The molecule has 0 bridgehead atoms. The molecule has 1 amide bonds. The predicted molar refractivity (Wildman–Crippen MR) is 143 cm³/mol. The normalized spacial score (nSPS) is 11.0. The topological polar surface area (TPSA) is 134 Å². The van der Waals surface area contributed by atoms with E-state index in [1.54, 1.807) is 4.68 Å². The van der Waals surface area contributed by atoms with Crippen LogP contribution >= 0.6 is 0 Å². The maximum atomic E-state index is 12.5. The summed E-state index contributed by atoms with van der Waals surface area (Å²) in [5.74, 6) is -2.54. The number of carboxylic acid groups (broad SMARTS) is 2. The molecule has 0 aliphatic rings. The zero-order chi connectivity index (χ0) is 27.3. The molecule has 2 aromatic carbocycles. The summed E-state index contributed by atoms with van der Waals surface area (Å²) < 4.78 is 1.79. The van der Waals surface area contributed by atoms with Gasteiger partial charge in [-0.05, 0) is 39.3 Å². The number of hydrogen-bond donors (Lipinski definition) is 4. The molecular weight excluding hydrogens is 472 g/mol. The second kappa shape index (κ2) is 14.4. The Morgan fingerprint density at radius 1 is 0.865 bits per heavy atom. The molecule has 4 N–H and O–H groups in total. The summed E-state index contributed by atoms with van der Waals surface area (Å²) >= 11 is 0. The van der Waals surface area contributed by atoms with Gasteiger partial charge in [-0.15, -0.1) is 0 Å². The molecule has 37 heavy (non-hydrogen) atoms. The van der Waals surface area contributed by atoms with Gasteiger partial charge in [-0.2, -0.15) is 5.10 Å². The third kappa shape index (κ3) is 10.9. The number of carbonyl (C=O) groups is 3. The van der Waals surface area contributed by atoms with Gasteiger partial charge < -0.3 is 20.8 Å². The van der Waals surface area contributed by atoms with Crippen molar-refractivity contribution in [2.75, 3.05) is 13.1 Å². The van der Waals surface area contributed by atoms with E-state index in [0.29, 0.717) is 18.7 Å². The van der Waals surface area contributed by atoms with Crippen molar-refractivity contribution in [3.63, 3.8) is 0 Å². The molecular formula is C28H34N4O5. The Morgan fingerprint density at radius 2 is 1.41 bits per heavy atom. The molecule has 1 heterocycles. The van der Waals surface area contributed by atoms with Gasteiger partial charge in [-0.3, -0.25) is 9.48 Å². The summed E-state index contributed by atoms with van der Waals surface area (Å²) in [4.78, 5) is 31.6. The summed E-state index contributed by atoms with van der Waals surface area (Å²) in [6.07, 6.45) is 3.85. The molecule has 196 valence electrons. The third-order valence-corrected chi connectivity index (χ3v) is 4.96. The number of aliphatic carboxylic acids is 2. The van der Waals surface area contributed by atoms with Gasteiger partial charge in [0.05, 0.1) is 11.9 Å². The molecule has 3 aromatic rings. The van der Waals surface area contributed by atoms with Gasteiger partial charge in [-0.1, -0.05) is 60.7 Å². The van der Waals surface area contributed by atoms with E-state index in [1.807, 2.05) is 42.6 Å². The highest BCUT2D eigenvalue weighted by Gasteiger charge is 2.16. The highest BCUT2D eigenvalue weighted by Crippen LogP contribution is 2.31. The molecule has 9 heteroatoms. The SMILES string of the molecule is CC(C)(C)NCCCNC(=O)Cn1ncc(-c2ccccc2)c1-c1ccccc1.O=C(O)/C=C/C(=O)O. The molecule has 0 saturated heterocycles. The van der Waals surface area contributed by atoms with Crippen LogP contribution in [0.2, 0.25) is 0 Å². The Labute approximate surface area is 216 Å². The van der Waals surface area contributed by atoms with E-state index in [2.05, 4.69) is 60.8 Å². The number of benzene rings is 2. The van der Waals surface area contributed by atoms with Crippen LogP contribution in [0.1, 0.15) is 27.2 Å². The Morgan fingerprint density at radius 3 is 1.92 bits per heavy atom. The maximum Gasteiger partial charge on any atom is 0.328 e. The minimum Gasteiger partial charge on any atom is -0.478 e. The molecule has 1 aromatic heterocycles. The van der Waals surface area contributed by atoms with Crippen molar-refractivity contribution in [1.82, 2.24) is 20.4 Å². The van der Waals surface area contributed by atoms with E-state index in [1.165, 1.54) is 0 Å². The van der Waals surface area contributed by atoms with Gasteiger partial charge in [0.15, 0.2) is 0 Å². The van der Waals surface area contributed by atoms with Crippen molar-refractivity contribution in [2.24, 2.45) is 0 Å². The second-order valence-electron chi connectivity index (χ2n) is 9.19. The van der Waals surface area contributed by atoms with Crippen molar-refractivity contribution in [1.29, 1.82) is 0 Å². The summed E-state index contributed by atoms with van der Waals surface area (Å²) in [6, 6.07) is 20.3. The number of carbonyl (C=O) groups excluding carboxylic acids is 1. The highest BCUT2D eigenvalue weighted by atomic mass is 16.4. The van der Waals surface area contributed by atoms with Crippen molar-refractivity contribution in [3.8, 4) is 22.4 Å². The quantitative estimate of drug-likeness (QED) is 0.243. The molecule has 0 aliphatic heterocycles. The molecule has 0 atom stereocenters. The lowest BCUT2D eigenvalue weighted by molar-refractivity contribution is -0.134. The van der Waals surface area contributed by atoms with Crippen molar-refractivity contribution < 1.29 is 24.6 Å². The van der Waals surface area contributed by atoms with Crippen LogP contribution in [0.15, 0.2) is 79.0 Å². The smallest absolute Gasteiger partial charge is 0.328 e. The monoisotopic (exact) mass is 506 g/mol. The minimum atomic E-state index is -1.26. The molecule has 0 spiro atoms. The van der Waals surface area contributed by atoms with Crippen LogP contribution in [0.3, 0.4) is 0 Å². The lowest BCUT2D eigenvalue weighted by Crippen LogP contribution is -2.38. The van der Waals surface area contributed by atoms with Crippen LogP contribution < -0.4 is 10.6 Å². The summed E-state index contributed by atoms with van der Waals surface area (Å²) in [5.41, 5.74) is 4.22. The van der Waals surface area contributed by atoms with Crippen LogP contribution in [0.4, 0.5) is 0 Å². The summed E-state index contributed by atoms with van der Waals surface area (Å²) in [7, 11) is 0. The highest BCUT2D eigenvalue weighted by molar-refractivity contribution is 5.89. The fourth-order valence-corrected chi connectivity index (χ4v) is 3.35. The van der Waals surface area contributed by atoms with Gasteiger partial charge in [0, 0.05) is 35.4 Å². The number of carboxylic acids is 2. The van der Waals surface area contributed by atoms with E-state index < -0.39 is 11.9 Å². The molecule has 0 fully saturated rings. The zero-order valence-corrected chi connectivity index (χ0v) is 21.3. The van der Waals surface area contributed by atoms with Gasteiger partial charge in [-0.25, -0.2) is 9.59 Å². The predicted octanol–water partition coefficient (Wildman–Crippen LogP) is 3.82. The van der Waals surface area contributed by atoms with Crippen LogP contribution in [0, 0.1) is 0 Å². The second-order valence-corrected chi connectivity index (χ2v) is 9.19. The zero-order valence-electron chi connectivity index (χ0n) is 21.3. The largest absolute Gasteiger partial charge is 0.478 e. The Hall–Kier alpha value is -4.24. The number of hydrogen-bond acceptors (Lipinski definition) is 5. The van der Waals surface area contributed by atoms with E-state index in [-0.39, 0.29) is 18.0 Å². The van der Waals surface area contributed by atoms with Crippen LogP contribution in [-0.2, 0) is 20.9 Å². The summed E-state index contributed by atoms with van der Waals surface area (Å²) in [5, 5.41) is 26.6. The summed E-state index contributed by atoms with van der Waals surface area (Å²) in [6.45, 7) is 8.13. The van der Waals surface area contributed by atoms with Crippen LogP contribution in [-0.4, -0.2) is 56.5 Å². The first-order valence-electron chi connectivity index (χ1n) is 11.9. The fourth-order valence-electron chi connectivity index (χ4n) is 3.35. The average Bonchev–Trinajstić information content (AvgIpc) is 3.26. The van der Waals surface area contributed by atoms with Crippen LogP contribution in [0.25, 0.3) is 22.4 Å². The lowest BCUT2D eigenvalue weighted by atomic mass is 10.0. The van der Waals surface area contributed by atoms with E-state index >= 15 is 0 Å². The molecule has 3 rings (SSSR count). The van der Waals surface area contributed by atoms with Gasteiger partial charge >= 0.3 is 11.9 Å². The lowest BCUT2D eigenvalue weighted by Gasteiger charge is -2.20. The van der Waals surface area contributed by atoms with E-state index in [0.717, 1.165) is 35.3 Å². The molecule has 0 unspecified atom stereocenters. The minimum absolute atomic E-state index is 0.0272. The van der Waals surface area contributed by atoms with Gasteiger partial charge in [0.2, 0.25) is 5.91 Å². The number of nitrogens with one attached hydrogen (secondary N) is 2. The number of nitrogens with zero attached hydrogens (tertiary/aromatic N) is 2.